The molecule has 0 spiro atoms. The van der Waals surface area contributed by atoms with Crippen molar-refractivity contribution in [2.75, 3.05) is 6.54 Å². The molecule has 1 unspecified atom stereocenters. The maximum Gasteiger partial charge on any atom is 0.223 e. The first-order valence-electron chi connectivity index (χ1n) is 7.76. The summed E-state index contributed by atoms with van der Waals surface area (Å²) in [6.45, 7) is 3.72. The molecule has 1 aliphatic rings. The van der Waals surface area contributed by atoms with Crippen LogP contribution in [0.25, 0.3) is 0 Å². The van der Waals surface area contributed by atoms with Gasteiger partial charge in [0.25, 0.3) is 0 Å². The fourth-order valence-electron chi connectivity index (χ4n) is 2.64. The second-order valence-electron chi connectivity index (χ2n) is 5.72. The highest BCUT2D eigenvalue weighted by molar-refractivity contribution is 7.09. The minimum absolute atomic E-state index is 0.330. The number of nitrogens with two attached hydrogens (primary N) is 1. The smallest absolute Gasteiger partial charge is 0.223 e. The number of amides is 1. The largest absolute Gasteiger partial charge is 0.335 e. The number of hydrogen-bond donors (Lipinski definition) is 1. The zero-order valence-corrected chi connectivity index (χ0v) is 13.2. The minimum Gasteiger partial charge on any atom is -0.335 e. The van der Waals surface area contributed by atoms with Gasteiger partial charge in [-0.1, -0.05) is 19.4 Å². The lowest BCUT2D eigenvalue weighted by Gasteiger charge is -2.23. The molecule has 3 nitrogen and oxygen atoms in total. The summed E-state index contributed by atoms with van der Waals surface area (Å²) in [5.74, 6) is 0.933. The van der Waals surface area contributed by atoms with E-state index in [9.17, 15) is 4.79 Å². The molecule has 0 aliphatic heterocycles. The molecule has 0 saturated heterocycles. The average Bonchev–Trinajstić information content (AvgIpc) is 3.17. The van der Waals surface area contributed by atoms with E-state index in [0.29, 0.717) is 24.3 Å². The van der Waals surface area contributed by atoms with Crippen LogP contribution in [0.4, 0.5) is 0 Å². The fraction of sp³-hybridized carbons (Fsp3) is 0.688. The zero-order chi connectivity index (χ0) is 14.4. The first-order chi connectivity index (χ1) is 9.74. The van der Waals surface area contributed by atoms with Crippen LogP contribution in [0.3, 0.4) is 0 Å². The summed E-state index contributed by atoms with van der Waals surface area (Å²) < 4.78 is 0. The van der Waals surface area contributed by atoms with E-state index < -0.39 is 0 Å². The molecule has 1 atom stereocenters. The van der Waals surface area contributed by atoms with E-state index >= 15 is 0 Å². The molecule has 0 radical (unpaired) electrons. The van der Waals surface area contributed by atoms with E-state index in [0.717, 1.165) is 32.4 Å². The van der Waals surface area contributed by atoms with Crippen molar-refractivity contribution in [1.82, 2.24) is 4.90 Å². The van der Waals surface area contributed by atoms with Crippen molar-refractivity contribution in [3.63, 3.8) is 0 Å². The maximum absolute atomic E-state index is 12.5. The fourth-order valence-corrected chi connectivity index (χ4v) is 3.34. The van der Waals surface area contributed by atoms with Crippen LogP contribution >= 0.6 is 11.3 Å². The Morgan fingerprint density at radius 3 is 2.85 bits per heavy atom. The monoisotopic (exact) mass is 294 g/mol. The van der Waals surface area contributed by atoms with Gasteiger partial charge in [-0.05, 0) is 49.6 Å². The summed E-state index contributed by atoms with van der Waals surface area (Å²) in [4.78, 5) is 15.9. The Morgan fingerprint density at radius 2 is 2.30 bits per heavy atom. The molecular formula is C16H26N2OS. The van der Waals surface area contributed by atoms with Gasteiger partial charge >= 0.3 is 0 Å². The molecule has 1 aliphatic carbocycles. The third kappa shape index (κ3) is 4.60. The highest BCUT2D eigenvalue weighted by Gasteiger charge is 2.32. The normalized spacial score (nSPS) is 16.1. The van der Waals surface area contributed by atoms with Crippen molar-refractivity contribution >= 4 is 17.2 Å². The van der Waals surface area contributed by atoms with Gasteiger partial charge in [0.05, 0.1) is 6.54 Å². The molecule has 1 saturated carbocycles. The third-order valence-electron chi connectivity index (χ3n) is 4.13. The van der Waals surface area contributed by atoms with Gasteiger partial charge in [-0.3, -0.25) is 4.79 Å². The standard InChI is InChI=1S/C16H26N2OS/c1-2-13(9-10-17)5-8-16(19)18(14-6-7-14)12-15-4-3-11-20-15/h3-4,11,13-14H,2,5-10,12,17H2,1H3. The molecule has 0 aromatic carbocycles. The molecule has 1 amide bonds. The Kier molecular flexibility index (Phi) is 6.05. The van der Waals surface area contributed by atoms with E-state index in [4.69, 9.17) is 5.73 Å². The Labute approximate surface area is 126 Å². The van der Waals surface area contributed by atoms with Crippen LogP contribution in [0.15, 0.2) is 17.5 Å². The van der Waals surface area contributed by atoms with Gasteiger partial charge in [0.1, 0.15) is 0 Å². The minimum atomic E-state index is 0.330. The van der Waals surface area contributed by atoms with Crippen LogP contribution in [0.5, 0.6) is 0 Å². The number of thiophene rings is 1. The Hall–Kier alpha value is -0.870. The van der Waals surface area contributed by atoms with Crippen LogP contribution in [0.2, 0.25) is 0 Å². The summed E-state index contributed by atoms with van der Waals surface area (Å²) in [5.41, 5.74) is 5.63. The number of nitrogens with zero attached hydrogens (tertiary/aromatic N) is 1. The van der Waals surface area contributed by atoms with Crippen LogP contribution in [-0.2, 0) is 11.3 Å². The first-order valence-corrected chi connectivity index (χ1v) is 8.64. The molecule has 2 rings (SSSR count). The number of carbonyl (C=O) groups excluding carboxylic acids is 1. The third-order valence-corrected chi connectivity index (χ3v) is 4.99. The van der Waals surface area contributed by atoms with Crippen molar-refractivity contribution < 1.29 is 4.79 Å². The zero-order valence-electron chi connectivity index (χ0n) is 12.4. The lowest BCUT2D eigenvalue weighted by atomic mass is 9.96. The van der Waals surface area contributed by atoms with Gasteiger partial charge < -0.3 is 10.6 Å². The summed E-state index contributed by atoms with van der Waals surface area (Å²) >= 11 is 1.74. The second kappa shape index (κ2) is 7.79. The molecule has 4 heteroatoms. The topological polar surface area (TPSA) is 46.3 Å². The van der Waals surface area contributed by atoms with Gasteiger partial charge in [0, 0.05) is 17.3 Å². The van der Waals surface area contributed by atoms with Crippen LogP contribution in [-0.4, -0.2) is 23.4 Å². The van der Waals surface area contributed by atoms with E-state index in [1.807, 2.05) is 0 Å². The molecule has 0 bridgehead atoms. The van der Waals surface area contributed by atoms with Crippen LogP contribution in [0, 0.1) is 5.92 Å². The molecular weight excluding hydrogens is 268 g/mol. The van der Waals surface area contributed by atoms with E-state index in [2.05, 4.69) is 29.3 Å². The van der Waals surface area contributed by atoms with Gasteiger partial charge in [-0.2, -0.15) is 0 Å². The van der Waals surface area contributed by atoms with Crippen molar-refractivity contribution in [3.8, 4) is 0 Å². The summed E-state index contributed by atoms with van der Waals surface area (Å²) in [6, 6.07) is 4.68. The van der Waals surface area contributed by atoms with Crippen molar-refractivity contribution in [2.45, 2.75) is 58.0 Å². The second-order valence-corrected chi connectivity index (χ2v) is 6.75. The van der Waals surface area contributed by atoms with E-state index in [-0.39, 0.29) is 0 Å². The Bertz CT molecular complexity index is 401. The average molecular weight is 294 g/mol. The molecule has 112 valence electrons. The number of hydrogen-bond acceptors (Lipinski definition) is 3. The molecule has 1 heterocycles. The lowest BCUT2D eigenvalue weighted by molar-refractivity contribution is -0.132. The van der Waals surface area contributed by atoms with Gasteiger partial charge in [0.2, 0.25) is 5.91 Å². The predicted octanol–water partition coefficient (Wildman–Crippen LogP) is 3.39. The number of carbonyl (C=O) groups is 1. The van der Waals surface area contributed by atoms with Gasteiger partial charge in [0.15, 0.2) is 0 Å². The Balaban J connectivity index is 1.84. The van der Waals surface area contributed by atoms with Crippen LogP contribution in [0.1, 0.15) is 50.3 Å². The predicted molar refractivity (Wildman–Crippen MR) is 84.6 cm³/mol. The highest BCUT2D eigenvalue weighted by Crippen LogP contribution is 2.30. The van der Waals surface area contributed by atoms with E-state index in [1.54, 1.807) is 11.3 Å². The van der Waals surface area contributed by atoms with Gasteiger partial charge in [-0.25, -0.2) is 0 Å². The SMILES string of the molecule is CCC(CCN)CCC(=O)N(Cc1cccs1)C1CC1. The highest BCUT2D eigenvalue weighted by atomic mass is 32.1. The summed E-state index contributed by atoms with van der Waals surface area (Å²) in [7, 11) is 0. The molecule has 20 heavy (non-hydrogen) atoms. The van der Waals surface area contributed by atoms with Crippen molar-refractivity contribution in [2.24, 2.45) is 11.7 Å². The molecule has 1 aromatic rings. The number of rotatable bonds is 9. The summed E-state index contributed by atoms with van der Waals surface area (Å²) in [6.07, 6.45) is 6.19. The molecule has 1 fully saturated rings. The van der Waals surface area contributed by atoms with Gasteiger partial charge in [-0.15, -0.1) is 11.3 Å². The van der Waals surface area contributed by atoms with E-state index in [1.165, 1.54) is 17.7 Å². The first kappa shape index (κ1) is 15.5. The van der Waals surface area contributed by atoms with Crippen molar-refractivity contribution in [1.29, 1.82) is 0 Å². The van der Waals surface area contributed by atoms with Crippen molar-refractivity contribution in [3.05, 3.63) is 22.4 Å². The summed E-state index contributed by atoms with van der Waals surface area (Å²) in [5, 5.41) is 2.08. The Morgan fingerprint density at radius 1 is 1.50 bits per heavy atom. The maximum atomic E-state index is 12.5. The van der Waals surface area contributed by atoms with Crippen LogP contribution < -0.4 is 5.73 Å². The lowest BCUT2D eigenvalue weighted by Crippen LogP contribution is -2.32. The quantitative estimate of drug-likeness (QED) is 0.759. The molecule has 2 N–H and O–H groups in total. The molecule has 1 aromatic heterocycles.